The summed E-state index contributed by atoms with van der Waals surface area (Å²) in [7, 11) is -3.11. The number of carbonyl (C=O) groups is 1. The molecule has 1 heterocycles. The zero-order valence-corrected chi connectivity index (χ0v) is 10.3. The number of amides is 1. The third-order valence-corrected chi connectivity index (χ3v) is 3.13. The summed E-state index contributed by atoms with van der Waals surface area (Å²) in [5.41, 5.74) is 0. The summed E-state index contributed by atoms with van der Waals surface area (Å²) in [4.78, 5) is 11.2. The van der Waals surface area contributed by atoms with E-state index in [-0.39, 0.29) is 11.9 Å². The Morgan fingerprint density at radius 3 is 2.88 bits per heavy atom. The molecule has 0 saturated carbocycles. The van der Waals surface area contributed by atoms with Gasteiger partial charge in [0.25, 0.3) is 0 Å². The molecule has 1 fully saturated rings. The molecule has 0 radical (unpaired) electrons. The normalized spacial score (nSPS) is 22.6. The first-order valence-corrected chi connectivity index (χ1v) is 7.31. The van der Waals surface area contributed by atoms with Gasteiger partial charge in [-0.3, -0.25) is 4.79 Å². The highest BCUT2D eigenvalue weighted by Gasteiger charge is 2.16. The molecule has 0 aromatic carbocycles. The highest BCUT2D eigenvalue weighted by Crippen LogP contribution is 2.05. The minimum atomic E-state index is -3.11. The number of hydrogen-bond donors (Lipinski definition) is 3. The van der Waals surface area contributed by atoms with Gasteiger partial charge in [0, 0.05) is 32.1 Å². The predicted octanol–water partition coefficient (Wildman–Crippen LogP) is -1.21. The minimum Gasteiger partial charge on any atom is -0.356 e. The minimum absolute atomic E-state index is 0.0612. The van der Waals surface area contributed by atoms with Crippen LogP contribution in [-0.4, -0.2) is 46.3 Å². The van der Waals surface area contributed by atoms with E-state index in [0.29, 0.717) is 19.5 Å². The lowest BCUT2D eigenvalue weighted by molar-refractivity contribution is -0.121. The zero-order valence-electron chi connectivity index (χ0n) is 9.45. The average molecular weight is 249 g/mol. The van der Waals surface area contributed by atoms with Crippen molar-refractivity contribution in [2.75, 3.05) is 25.9 Å². The number of sulfonamides is 1. The van der Waals surface area contributed by atoms with E-state index in [0.717, 1.165) is 25.6 Å². The lowest BCUT2D eigenvalue weighted by Gasteiger charge is -2.14. The fourth-order valence-corrected chi connectivity index (χ4v) is 2.13. The van der Waals surface area contributed by atoms with Gasteiger partial charge in [-0.05, 0) is 12.8 Å². The molecule has 6 nitrogen and oxygen atoms in total. The summed E-state index contributed by atoms with van der Waals surface area (Å²) in [5.74, 6) is 0.0612. The second kappa shape index (κ2) is 6.17. The van der Waals surface area contributed by atoms with Crippen molar-refractivity contribution < 1.29 is 13.2 Å². The molecule has 1 aliphatic heterocycles. The number of carbonyl (C=O) groups excluding carboxylic acids is 1. The van der Waals surface area contributed by atoms with Crippen LogP contribution in [-0.2, 0) is 14.8 Å². The van der Waals surface area contributed by atoms with Gasteiger partial charge < -0.3 is 10.6 Å². The van der Waals surface area contributed by atoms with E-state index in [1.54, 1.807) is 0 Å². The standard InChI is InChI=1S/C9H19N3O3S/c1-16(14,15)12-6-5-10-8-3-2-4-11-9(13)7-8/h8,10,12H,2-7H2,1H3,(H,11,13). The first-order valence-electron chi connectivity index (χ1n) is 5.42. The lowest BCUT2D eigenvalue weighted by atomic mass is 10.1. The van der Waals surface area contributed by atoms with Crippen molar-refractivity contribution in [2.24, 2.45) is 0 Å². The zero-order chi connectivity index (χ0) is 12.0. The molecule has 0 aromatic rings. The molecule has 3 N–H and O–H groups in total. The van der Waals surface area contributed by atoms with Gasteiger partial charge in [0.05, 0.1) is 6.26 Å². The van der Waals surface area contributed by atoms with E-state index in [1.807, 2.05) is 0 Å². The van der Waals surface area contributed by atoms with Crippen LogP contribution in [0, 0.1) is 0 Å². The van der Waals surface area contributed by atoms with Crippen molar-refractivity contribution in [3.63, 3.8) is 0 Å². The molecule has 0 spiro atoms. The van der Waals surface area contributed by atoms with Gasteiger partial charge in [-0.2, -0.15) is 0 Å². The van der Waals surface area contributed by atoms with Gasteiger partial charge in [-0.1, -0.05) is 0 Å². The fourth-order valence-electron chi connectivity index (χ4n) is 1.66. The molecule has 0 bridgehead atoms. The largest absolute Gasteiger partial charge is 0.356 e. The molecule has 1 unspecified atom stereocenters. The number of rotatable bonds is 5. The highest BCUT2D eigenvalue weighted by molar-refractivity contribution is 7.88. The predicted molar refractivity (Wildman–Crippen MR) is 61.5 cm³/mol. The van der Waals surface area contributed by atoms with E-state index in [2.05, 4.69) is 15.4 Å². The highest BCUT2D eigenvalue weighted by atomic mass is 32.2. The van der Waals surface area contributed by atoms with Crippen LogP contribution in [0.5, 0.6) is 0 Å². The Balaban J connectivity index is 2.19. The third kappa shape index (κ3) is 6.04. The molecular weight excluding hydrogens is 230 g/mol. The van der Waals surface area contributed by atoms with Gasteiger partial charge >= 0.3 is 0 Å². The average Bonchev–Trinajstić information content (AvgIpc) is 2.36. The molecule has 0 aromatic heterocycles. The summed E-state index contributed by atoms with van der Waals surface area (Å²) in [5, 5.41) is 5.98. The van der Waals surface area contributed by atoms with Gasteiger partial charge in [0.1, 0.15) is 0 Å². The Bertz CT molecular complexity index is 329. The molecule has 94 valence electrons. The molecule has 1 saturated heterocycles. The van der Waals surface area contributed by atoms with Gasteiger partial charge in [0.2, 0.25) is 15.9 Å². The maximum absolute atomic E-state index is 11.2. The van der Waals surface area contributed by atoms with E-state index in [1.165, 1.54) is 0 Å². The lowest BCUT2D eigenvalue weighted by Crippen LogP contribution is -2.38. The Labute approximate surface area is 96.2 Å². The molecule has 16 heavy (non-hydrogen) atoms. The molecule has 1 rings (SSSR count). The Morgan fingerprint density at radius 1 is 1.44 bits per heavy atom. The van der Waals surface area contributed by atoms with E-state index >= 15 is 0 Å². The first kappa shape index (κ1) is 13.4. The molecule has 1 atom stereocenters. The van der Waals surface area contributed by atoms with Crippen LogP contribution >= 0.6 is 0 Å². The summed E-state index contributed by atoms with van der Waals surface area (Å²) in [6.07, 6.45) is 3.51. The van der Waals surface area contributed by atoms with E-state index in [9.17, 15) is 13.2 Å². The molecule has 1 aliphatic rings. The van der Waals surface area contributed by atoms with E-state index < -0.39 is 10.0 Å². The van der Waals surface area contributed by atoms with Crippen LogP contribution in [0.15, 0.2) is 0 Å². The van der Waals surface area contributed by atoms with Crippen molar-refractivity contribution in [3.05, 3.63) is 0 Å². The van der Waals surface area contributed by atoms with Crippen molar-refractivity contribution in [1.29, 1.82) is 0 Å². The Hall–Kier alpha value is -0.660. The molecule has 0 aliphatic carbocycles. The smallest absolute Gasteiger partial charge is 0.221 e. The van der Waals surface area contributed by atoms with Crippen LogP contribution in [0.3, 0.4) is 0 Å². The molecular formula is C9H19N3O3S. The summed E-state index contributed by atoms with van der Waals surface area (Å²) >= 11 is 0. The third-order valence-electron chi connectivity index (χ3n) is 2.41. The fraction of sp³-hybridized carbons (Fsp3) is 0.889. The van der Waals surface area contributed by atoms with Gasteiger partial charge in [-0.25, -0.2) is 13.1 Å². The molecule has 1 amide bonds. The van der Waals surface area contributed by atoms with E-state index in [4.69, 9.17) is 0 Å². The van der Waals surface area contributed by atoms with Crippen molar-refractivity contribution in [3.8, 4) is 0 Å². The summed E-state index contributed by atoms with van der Waals surface area (Å²) < 4.78 is 24.0. The monoisotopic (exact) mass is 249 g/mol. The second-order valence-corrected chi connectivity index (χ2v) is 5.85. The van der Waals surface area contributed by atoms with Crippen molar-refractivity contribution in [1.82, 2.24) is 15.4 Å². The second-order valence-electron chi connectivity index (χ2n) is 4.01. The van der Waals surface area contributed by atoms with Crippen LogP contribution < -0.4 is 15.4 Å². The maximum Gasteiger partial charge on any atom is 0.221 e. The first-order chi connectivity index (χ1) is 7.47. The van der Waals surface area contributed by atoms with Gasteiger partial charge in [-0.15, -0.1) is 0 Å². The van der Waals surface area contributed by atoms with Crippen LogP contribution in [0.1, 0.15) is 19.3 Å². The number of nitrogens with one attached hydrogen (secondary N) is 3. The SMILES string of the molecule is CS(=O)(=O)NCCNC1CCCNC(=O)C1. The van der Waals surface area contributed by atoms with Crippen molar-refractivity contribution in [2.45, 2.75) is 25.3 Å². The Morgan fingerprint density at radius 2 is 2.19 bits per heavy atom. The van der Waals surface area contributed by atoms with Crippen LogP contribution in [0.25, 0.3) is 0 Å². The Kier molecular flexibility index (Phi) is 5.17. The van der Waals surface area contributed by atoms with Gasteiger partial charge in [0.15, 0.2) is 0 Å². The summed E-state index contributed by atoms with van der Waals surface area (Å²) in [6, 6.07) is 0.156. The molecule has 7 heteroatoms. The maximum atomic E-state index is 11.2. The quantitative estimate of drug-likeness (QED) is 0.534. The number of hydrogen-bond acceptors (Lipinski definition) is 4. The topological polar surface area (TPSA) is 87.3 Å². The van der Waals surface area contributed by atoms with Crippen LogP contribution in [0.2, 0.25) is 0 Å². The summed E-state index contributed by atoms with van der Waals surface area (Å²) in [6.45, 7) is 1.64. The van der Waals surface area contributed by atoms with Crippen molar-refractivity contribution >= 4 is 15.9 Å². The van der Waals surface area contributed by atoms with Crippen LogP contribution in [0.4, 0.5) is 0 Å².